The van der Waals surface area contributed by atoms with Crippen LogP contribution in [0.15, 0.2) is 5.38 Å². The fourth-order valence-electron chi connectivity index (χ4n) is 1.66. The van der Waals surface area contributed by atoms with Crippen LogP contribution in [0.25, 0.3) is 0 Å². The predicted octanol–water partition coefficient (Wildman–Crippen LogP) is 2.07. The Labute approximate surface area is 112 Å². The van der Waals surface area contributed by atoms with E-state index in [4.69, 9.17) is 0 Å². The number of carbonyl (C=O) groups excluding carboxylic acids is 1. The van der Waals surface area contributed by atoms with Gasteiger partial charge in [0.15, 0.2) is 10.8 Å². The second-order valence-electron chi connectivity index (χ2n) is 4.06. The first-order valence-electron chi connectivity index (χ1n) is 6.13. The molecular formula is C12H21N3O2S. The molecule has 0 aliphatic heterocycles. The molecule has 1 N–H and O–H groups in total. The van der Waals surface area contributed by atoms with Crippen molar-refractivity contribution in [2.24, 2.45) is 0 Å². The average molecular weight is 271 g/mol. The number of nitrogens with zero attached hydrogens (tertiary/aromatic N) is 2. The number of aromatic nitrogens is 1. The largest absolute Gasteiger partial charge is 0.464 e. The Hall–Kier alpha value is -1.14. The summed E-state index contributed by atoms with van der Waals surface area (Å²) in [6, 6.07) is 0.293. The van der Waals surface area contributed by atoms with Crippen LogP contribution in [0.2, 0.25) is 0 Å². The van der Waals surface area contributed by atoms with E-state index in [9.17, 15) is 4.79 Å². The van der Waals surface area contributed by atoms with E-state index < -0.39 is 5.97 Å². The fraction of sp³-hybridized carbons (Fsp3) is 0.667. The number of ether oxygens (including phenoxy) is 1. The zero-order valence-corrected chi connectivity index (χ0v) is 12.2. The first-order valence-corrected chi connectivity index (χ1v) is 7.01. The van der Waals surface area contributed by atoms with Crippen molar-refractivity contribution in [2.75, 3.05) is 32.1 Å². The molecule has 0 aromatic carbocycles. The Bertz CT molecular complexity index is 377. The molecule has 6 heteroatoms. The number of rotatable bonds is 7. The molecule has 0 radical (unpaired) electrons. The second kappa shape index (κ2) is 7.33. The molecule has 1 rings (SSSR count). The molecule has 1 aromatic rings. The van der Waals surface area contributed by atoms with Gasteiger partial charge in [-0.1, -0.05) is 13.8 Å². The number of carbonyl (C=O) groups is 1. The lowest BCUT2D eigenvalue weighted by Crippen LogP contribution is -2.34. The number of esters is 1. The van der Waals surface area contributed by atoms with Crippen LogP contribution in [0.4, 0.5) is 5.13 Å². The van der Waals surface area contributed by atoms with Crippen molar-refractivity contribution in [3.05, 3.63) is 11.1 Å². The first-order chi connectivity index (χ1) is 8.60. The van der Waals surface area contributed by atoms with E-state index in [0.717, 1.165) is 24.8 Å². The number of likely N-dealkylation sites (N-methyl/N-ethyl adjacent to an activating group) is 1. The van der Waals surface area contributed by atoms with E-state index in [1.54, 1.807) is 5.38 Å². The molecule has 18 heavy (non-hydrogen) atoms. The van der Waals surface area contributed by atoms with Crippen LogP contribution in [0.5, 0.6) is 0 Å². The van der Waals surface area contributed by atoms with Crippen molar-refractivity contribution in [3.63, 3.8) is 0 Å². The molecule has 0 aliphatic rings. The minimum Gasteiger partial charge on any atom is -0.464 e. The number of nitrogens with one attached hydrogen (secondary N) is 1. The topological polar surface area (TPSA) is 54.5 Å². The van der Waals surface area contributed by atoms with E-state index >= 15 is 0 Å². The van der Waals surface area contributed by atoms with Gasteiger partial charge in [0.25, 0.3) is 0 Å². The SMILES string of the molecule is CCN(CC)CC(C)Nc1nc(C(=O)OC)cs1. The number of hydrogen-bond acceptors (Lipinski definition) is 6. The molecule has 0 saturated carbocycles. The number of methoxy groups -OCH3 is 1. The van der Waals surface area contributed by atoms with Gasteiger partial charge in [-0.15, -0.1) is 11.3 Å². The molecule has 0 fully saturated rings. The molecule has 1 unspecified atom stereocenters. The zero-order valence-electron chi connectivity index (χ0n) is 11.4. The van der Waals surface area contributed by atoms with Crippen LogP contribution in [-0.4, -0.2) is 48.6 Å². The van der Waals surface area contributed by atoms with Crippen LogP contribution in [-0.2, 0) is 4.74 Å². The highest BCUT2D eigenvalue weighted by Crippen LogP contribution is 2.17. The molecule has 0 saturated heterocycles. The predicted molar refractivity (Wildman–Crippen MR) is 74.3 cm³/mol. The van der Waals surface area contributed by atoms with Crippen molar-refractivity contribution in [3.8, 4) is 0 Å². The first kappa shape index (κ1) is 14.9. The average Bonchev–Trinajstić information content (AvgIpc) is 2.83. The standard InChI is InChI=1S/C12H21N3O2S/c1-5-15(6-2)7-9(3)13-12-14-10(8-18-12)11(16)17-4/h8-9H,5-7H2,1-4H3,(H,13,14). The molecule has 0 spiro atoms. The summed E-state index contributed by atoms with van der Waals surface area (Å²) < 4.78 is 4.62. The van der Waals surface area contributed by atoms with Gasteiger partial charge in [-0.25, -0.2) is 9.78 Å². The van der Waals surface area contributed by atoms with Crippen molar-refractivity contribution in [1.82, 2.24) is 9.88 Å². The monoisotopic (exact) mass is 271 g/mol. The smallest absolute Gasteiger partial charge is 0.357 e. The maximum Gasteiger partial charge on any atom is 0.357 e. The highest BCUT2D eigenvalue weighted by atomic mass is 32.1. The zero-order chi connectivity index (χ0) is 13.5. The fourth-order valence-corrected chi connectivity index (χ4v) is 2.46. The lowest BCUT2D eigenvalue weighted by atomic mass is 10.3. The van der Waals surface area contributed by atoms with Crippen LogP contribution in [0.3, 0.4) is 0 Å². The molecule has 102 valence electrons. The second-order valence-corrected chi connectivity index (χ2v) is 4.92. The maximum absolute atomic E-state index is 11.3. The Morgan fingerprint density at radius 1 is 1.56 bits per heavy atom. The van der Waals surface area contributed by atoms with E-state index in [1.165, 1.54) is 18.4 Å². The molecule has 0 bridgehead atoms. The highest BCUT2D eigenvalue weighted by molar-refractivity contribution is 7.13. The minimum atomic E-state index is -0.393. The summed E-state index contributed by atoms with van der Waals surface area (Å²) in [5, 5.41) is 5.76. The van der Waals surface area contributed by atoms with E-state index in [1.807, 2.05) is 0 Å². The molecule has 0 amide bonds. The molecule has 1 aromatic heterocycles. The Balaban J connectivity index is 2.51. The van der Waals surface area contributed by atoms with Gasteiger partial charge in [-0.3, -0.25) is 0 Å². The van der Waals surface area contributed by atoms with Gasteiger partial charge >= 0.3 is 5.97 Å². The molecule has 1 heterocycles. The van der Waals surface area contributed by atoms with Crippen LogP contribution in [0.1, 0.15) is 31.3 Å². The molecule has 0 aliphatic carbocycles. The van der Waals surface area contributed by atoms with E-state index in [0.29, 0.717) is 11.7 Å². The number of thiazole rings is 1. The van der Waals surface area contributed by atoms with Gasteiger partial charge in [0.05, 0.1) is 7.11 Å². The quantitative estimate of drug-likeness (QED) is 0.769. The van der Waals surface area contributed by atoms with E-state index in [2.05, 4.69) is 40.7 Å². The lowest BCUT2D eigenvalue weighted by molar-refractivity contribution is 0.0595. The van der Waals surface area contributed by atoms with Gasteiger partial charge in [0.1, 0.15) is 0 Å². The summed E-state index contributed by atoms with van der Waals surface area (Å²) in [7, 11) is 1.36. The highest BCUT2D eigenvalue weighted by Gasteiger charge is 2.13. The summed E-state index contributed by atoms with van der Waals surface area (Å²) in [4.78, 5) is 17.8. The Morgan fingerprint density at radius 3 is 2.78 bits per heavy atom. The van der Waals surface area contributed by atoms with Gasteiger partial charge < -0.3 is 15.0 Å². The molecule has 1 atom stereocenters. The third-order valence-electron chi connectivity index (χ3n) is 2.70. The third-order valence-corrected chi connectivity index (χ3v) is 3.47. The van der Waals surface area contributed by atoms with Gasteiger partial charge in [0.2, 0.25) is 0 Å². The maximum atomic E-state index is 11.3. The summed E-state index contributed by atoms with van der Waals surface area (Å²) in [5.41, 5.74) is 0.361. The summed E-state index contributed by atoms with van der Waals surface area (Å²) in [5.74, 6) is -0.393. The minimum absolute atomic E-state index is 0.293. The van der Waals surface area contributed by atoms with E-state index in [-0.39, 0.29) is 0 Å². The Morgan fingerprint density at radius 2 is 2.22 bits per heavy atom. The summed E-state index contributed by atoms with van der Waals surface area (Å²) >= 11 is 1.42. The normalized spacial score (nSPS) is 12.5. The van der Waals surface area contributed by atoms with Gasteiger partial charge in [-0.2, -0.15) is 0 Å². The van der Waals surface area contributed by atoms with Crippen molar-refractivity contribution >= 4 is 22.4 Å². The lowest BCUT2D eigenvalue weighted by Gasteiger charge is -2.23. The summed E-state index contributed by atoms with van der Waals surface area (Å²) in [6.07, 6.45) is 0. The summed E-state index contributed by atoms with van der Waals surface area (Å²) in [6.45, 7) is 9.43. The van der Waals surface area contributed by atoms with Crippen molar-refractivity contribution in [1.29, 1.82) is 0 Å². The van der Waals surface area contributed by atoms with Crippen molar-refractivity contribution < 1.29 is 9.53 Å². The van der Waals surface area contributed by atoms with Gasteiger partial charge in [0, 0.05) is 18.0 Å². The molecular weight excluding hydrogens is 250 g/mol. The Kier molecular flexibility index (Phi) is 6.07. The molecule has 5 nitrogen and oxygen atoms in total. The van der Waals surface area contributed by atoms with Gasteiger partial charge in [-0.05, 0) is 20.0 Å². The third kappa shape index (κ3) is 4.27. The van der Waals surface area contributed by atoms with Crippen LogP contribution in [0, 0.1) is 0 Å². The number of hydrogen-bond donors (Lipinski definition) is 1. The van der Waals surface area contributed by atoms with Crippen LogP contribution < -0.4 is 5.32 Å². The number of anilines is 1. The van der Waals surface area contributed by atoms with Crippen molar-refractivity contribution in [2.45, 2.75) is 26.8 Å². The van der Waals surface area contributed by atoms with Crippen LogP contribution >= 0.6 is 11.3 Å².